The molecular formula is C7H6Cl2N2O. The van der Waals surface area contributed by atoms with Crippen LogP contribution in [0.4, 0.5) is 0 Å². The van der Waals surface area contributed by atoms with Crippen LogP contribution in [0, 0.1) is 5.41 Å². The second kappa shape index (κ2) is 3.65. The third kappa shape index (κ3) is 2.29. The first kappa shape index (κ1) is 9.16. The highest BCUT2D eigenvalue weighted by atomic mass is 35.5. The van der Waals surface area contributed by atoms with Gasteiger partial charge in [-0.2, -0.15) is 0 Å². The second-order valence-corrected chi connectivity index (χ2v) is 3.14. The third-order valence-electron chi connectivity index (χ3n) is 1.24. The Bertz CT molecular complexity index is 366. The normalized spacial score (nSPS) is 9.50. The van der Waals surface area contributed by atoms with Crippen LogP contribution in [-0.4, -0.2) is 9.94 Å². The fraction of sp³-hybridized carbons (Fsp3) is 0. The van der Waals surface area contributed by atoms with E-state index in [-0.39, 0.29) is 9.85 Å². The molecule has 5 heteroatoms. The van der Waals surface area contributed by atoms with Gasteiger partial charge in [-0.25, -0.2) is 4.73 Å². The van der Waals surface area contributed by atoms with E-state index in [2.05, 4.69) is 0 Å². The summed E-state index contributed by atoms with van der Waals surface area (Å²) in [6, 6.07) is 1.43. The van der Waals surface area contributed by atoms with Gasteiger partial charge in [0.25, 0.3) is 0 Å². The number of halogens is 2. The molecule has 2 N–H and O–H groups in total. The first-order valence-corrected chi connectivity index (χ1v) is 3.84. The molecule has 0 aliphatic carbocycles. The molecule has 1 aromatic rings. The van der Waals surface area contributed by atoms with Crippen LogP contribution in [0.1, 0.15) is 5.56 Å². The molecule has 1 rings (SSSR count). The van der Waals surface area contributed by atoms with Gasteiger partial charge in [0.1, 0.15) is 4.49 Å². The summed E-state index contributed by atoms with van der Waals surface area (Å²) in [4.78, 5) is 0. The van der Waals surface area contributed by atoms with Gasteiger partial charge in [-0.3, -0.25) is 0 Å². The first-order valence-electron chi connectivity index (χ1n) is 3.08. The molecule has 64 valence electrons. The average molecular weight is 205 g/mol. The third-order valence-corrected chi connectivity index (χ3v) is 1.46. The zero-order valence-corrected chi connectivity index (χ0v) is 7.47. The maximum atomic E-state index is 8.97. The minimum Gasteiger partial charge on any atom is -0.429 e. The summed E-state index contributed by atoms with van der Waals surface area (Å²) in [5.41, 5.74) is 0.458. The van der Waals surface area contributed by atoms with E-state index >= 15 is 0 Å². The van der Waals surface area contributed by atoms with Gasteiger partial charge in [-0.1, -0.05) is 23.2 Å². The molecule has 0 saturated heterocycles. The summed E-state index contributed by atoms with van der Waals surface area (Å²) in [5.74, 6) is 0. The molecule has 3 nitrogen and oxygen atoms in total. The number of aromatic nitrogens is 1. The van der Waals surface area contributed by atoms with Crippen LogP contribution in [0.25, 0.3) is 6.08 Å². The molecule has 1 heterocycles. The van der Waals surface area contributed by atoms with Crippen LogP contribution in [0.15, 0.2) is 23.0 Å². The summed E-state index contributed by atoms with van der Waals surface area (Å²) >= 11 is 10.8. The Morgan fingerprint density at radius 2 is 2.25 bits per heavy atom. The Morgan fingerprint density at radius 1 is 1.58 bits per heavy atom. The molecule has 0 saturated carbocycles. The van der Waals surface area contributed by atoms with Gasteiger partial charge in [0, 0.05) is 11.8 Å². The number of pyridine rings is 1. The molecule has 0 aliphatic heterocycles. The van der Waals surface area contributed by atoms with Crippen molar-refractivity contribution in [3.63, 3.8) is 0 Å². The van der Waals surface area contributed by atoms with Crippen molar-refractivity contribution >= 4 is 29.3 Å². The van der Waals surface area contributed by atoms with Gasteiger partial charge in [0.05, 0.1) is 11.6 Å². The zero-order valence-electron chi connectivity index (χ0n) is 5.96. The van der Waals surface area contributed by atoms with E-state index in [1.165, 1.54) is 24.5 Å². The molecule has 12 heavy (non-hydrogen) atoms. The topological polar surface area (TPSA) is 49.0 Å². The maximum absolute atomic E-state index is 8.97. The average Bonchev–Trinajstić information content (AvgIpc) is 1.96. The largest absolute Gasteiger partial charge is 0.429 e. The molecule has 0 amide bonds. The number of nitrogens with zero attached hydrogens (tertiary/aromatic N) is 1. The second-order valence-electron chi connectivity index (χ2n) is 2.13. The van der Waals surface area contributed by atoms with Crippen LogP contribution >= 0.6 is 23.2 Å². The summed E-state index contributed by atoms with van der Waals surface area (Å²) in [6.45, 7) is 0. The van der Waals surface area contributed by atoms with E-state index in [0.29, 0.717) is 5.56 Å². The summed E-state index contributed by atoms with van der Waals surface area (Å²) in [6.07, 6.45) is 4.08. The fourth-order valence-corrected chi connectivity index (χ4v) is 0.970. The minimum absolute atomic E-state index is 0.0506. The minimum atomic E-state index is 0.0506. The van der Waals surface area contributed by atoms with Crippen molar-refractivity contribution in [1.29, 1.82) is 5.41 Å². The van der Waals surface area contributed by atoms with Gasteiger partial charge in [0.15, 0.2) is 0 Å². The van der Waals surface area contributed by atoms with Gasteiger partial charge in [0.2, 0.25) is 0 Å². The van der Waals surface area contributed by atoms with Gasteiger partial charge in [-0.15, -0.1) is 0 Å². The van der Waals surface area contributed by atoms with E-state index < -0.39 is 0 Å². The zero-order chi connectivity index (χ0) is 9.14. The lowest BCUT2D eigenvalue weighted by Crippen LogP contribution is -2.07. The van der Waals surface area contributed by atoms with Crippen LogP contribution in [0.3, 0.4) is 0 Å². The van der Waals surface area contributed by atoms with Crippen molar-refractivity contribution in [2.24, 2.45) is 0 Å². The number of nitrogens with one attached hydrogen (secondary N) is 1. The van der Waals surface area contributed by atoms with Crippen molar-refractivity contribution < 1.29 is 5.21 Å². The van der Waals surface area contributed by atoms with Crippen LogP contribution in [0.2, 0.25) is 0 Å². The maximum Gasteiger partial charge on any atom is 0.107 e. The van der Waals surface area contributed by atoms with Crippen molar-refractivity contribution in [2.45, 2.75) is 0 Å². The number of hydrogen-bond donors (Lipinski definition) is 2. The van der Waals surface area contributed by atoms with Crippen LogP contribution in [-0.2, 0) is 0 Å². The Labute approximate surface area is 78.9 Å². The predicted octanol–water partition coefficient (Wildman–Crippen LogP) is 1.98. The molecule has 0 aromatic carbocycles. The highest BCUT2D eigenvalue weighted by Gasteiger charge is 1.93. The number of rotatable bonds is 1. The van der Waals surface area contributed by atoms with Crippen molar-refractivity contribution in [2.75, 3.05) is 0 Å². The highest BCUT2D eigenvalue weighted by Crippen LogP contribution is 2.10. The lowest BCUT2D eigenvalue weighted by atomic mass is 10.3. The highest BCUT2D eigenvalue weighted by molar-refractivity contribution is 6.57. The standard InChI is InChI=1S/C7H6Cl2N2O/c8-7(9)3-5-4-11(12)2-1-6(5)10/h1-4,10,12H. The van der Waals surface area contributed by atoms with Gasteiger partial charge >= 0.3 is 0 Å². The Hall–Kier alpha value is -0.930. The summed E-state index contributed by atoms with van der Waals surface area (Å²) < 4.78 is 0.885. The van der Waals surface area contributed by atoms with Crippen molar-refractivity contribution in [3.8, 4) is 0 Å². The molecule has 0 spiro atoms. The van der Waals surface area contributed by atoms with E-state index in [9.17, 15) is 0 Å². The van der Waals surface area contributed by atoms with E-state index in [0.717, 1.165) is 4.73 Å². The van der Waals surface area contributed by atoms with E-state index in [1.807, 2.05) is 0 Å². The summed E-state index contributed by atoms with van der Waals surface area (Å²) in [5, 5.41) is 16.6. The number of hydrogen-bond acceptors (Lipinski definition) is 2. The Kier molecular flexibility index (Phi) is 2.78. The smallest absolute Gasteiger partial charge is 0.107 e. The van der Waals surface area contributed by atoms with Crippen molar-refractivity contribution in [3.05, 3.63) is 33.9 Å². The van der Waals surface area contributed by atoms with Gasteiger partial charge in [-0.05, 0) is 12.1 Å². The SMILES string of the molecule is N=c1ccn(O)cc1C=C(Cl)Cl. The van der Waals surface area contributed by atoms with Crippen LogP contribution in [0.5, 0.6) is 0 Å². The van der Waals surface area contributed by atoms with Gasteiger partial charge < -0.3 is 10.6 Å². The molecule has 0 radical (unpaired) electrons. The Morgan fingerprint density at radius 3 is 2.83 bits per heavy atom. The molecule has 0 bridgehead atoms. The fourth-order valence-electron chi connectivity index (χ4n) is 0.735. The van der Waals surface area contributed by atoms with Crippen LogP contribution < -0.4 is 5.36 Å². The quantitative estimate of drug-likeness (QED) is 0.676. The molecule has 0 unspecified atom stereocenters. The molecular weight excluding hydrogens is 199 g/mol. The monoisotopic (exact) mass is 204 g/mol. The lowest BCUT2D eigenvalue weighted by Gasteiger charge is -1.97. The molecule has 1 aromatic heterocycles. The molecule has 0 fully saturated rings. The molecule has 0 atom stereocenters. The predicted molar refractivity (Wildman–Crippen MR) is 47.2 cm³/mol. The van der Waals surface area contributed by atoms with Crippen molar-refractivity contribution in [1.82, 2.24) is 4.73 Å². The summed E-state index contributed by atoms with van der Waals surface area (Å²) in [7, 11) is 0. The molecule has 0 aliphatic rings. The van der Waals surface area contributed by atoms with E-state index in [1.54, 1.807) is 0 Å². The Balaban J connectivity index is 3.24. The van der Waals surface area contributed by atoms with E-state index in [4.69, 9.17) is 33.8 Å². The first-order chi connectivity index (χ1) is 5.59. The lowest BCUT2D eigenvalue weighted by molar-refractivity contribution is 0.184.